The molecule has 0 aliphatic carbocycles. The van der Waals surface area contributed by atoms with E-state index in [0.29, 0.717) is 5.02 Å². The molecule has 1 aromatic heterocycles. The van der Waals surface area contributed by atoms with Crippen molar-refractivity contribution in [1.82, 2.24) is 15.2 Å². The lowest BCUT2D eigenvalue weighted by molar-refractivity contribution is -0.124. The third-order valence-corrected chi connectivity index (χ3v) is 5.51. The molecule has 0 radical (unpaired) electrons. The molecule has 31 heavy (non-hydrogen) atoms. The van der Waals surface area contributed by atoms with Crippen molar-refractivity contribution in [2.75, 3.05) is 0 Å². The van der Waals surface area contributed by atoms with E-state index in [1.165, 1.54) is 0 Å². The zero-order valence-corrected chi connectivity index (χ0v) is 18.9. The van der Waals surface area contributed by atoms with Crippen LogP contribution in [0.3, 0.4) is 0 Å². The number of aromatic nitrogens is 1. The maximum absolute atomic E-state index is 12.9. The second-order valence-corrected chi connectivity index (χ2v) is 8.43. The minimum absolute atomic E-state index is 0.109. The highest BCUT2D eigenvalue weighted by Crippen LogP contribution is 2.26. The predicted molar refractivity (Wildman–Crippen MR) is 123 cm³/mol. The highest BCUT2D eigenvalue weighted by Gasteiger charge is 2.27. The normalized spacial score (nSPS) is 13.1. The summed E-state index contributed by atoms with van der Waals surface area (Å²) in [4.78, 5) is 25.2. The van der Waals surface area contributed by atoms with Crippen molar-refractivity contribution in [3.63, 3.8) is 0 Å². The molecule has 0 aliphatic rings. The standard InChI is InChI=1S/C24H28ClN3O3/c1-15(2)22(27-24(30)31-14-17-8-6-5-7-9-17)23(29)26-16(3)21-13-18-12-19(25)10-11-20(18)28(21)4/h5-13,15-16,22H,14H2,1-4H3,(H,26,29)(H,27,30)/t16?,22-/m0/s1. The van der Waals surface area contributed by atoms with Gasteiger partial charge in [0.15, 0.2) is 0 Å². The number of nitrogens with one attached hydrogen (secondary N) is 2. The molecule has 3 aromatic rings. The Morgan fingerprint density at radius 2 is 1.74 bits per heavy atom. The zero-order chi connectivity index (χ0) is 22.5. The van der Waals surface area contributed by atoms with Gasteiger partial charge in [-0.3, -0.25) is 4.79 Å². The van der Waals surface area contributed by atoms with Gasteiger partial charge in [-0.25, -0.2) is 4.79 Å². The number of fused-ring (bicyclic) bond motifs is 1. The third kappa shape index (κ3) is 5.58. The van der Waals surface area contributed by atoms with Crippen LogP contribution in [0.15, 0.2) is 54.6 Å². The quantitative estimate of drug-likeness (QED) is 0.544. The first-order valence-corrected chi connectivity index (χ1v) is 10.7. The van der Waals surface area contributed by atoms with Crippen molar-refractivity contribution in [3.05, 3.63) is 70.9 Å². The second-order valence-electron chi connectivity index (χ2n) is 7.99. The van der Waals surface area contributed by atoms with Crippen LogP contribution in [-0.2, 0) is 23.2 Å². The van der Waals surface area contributed by atoms with Crippen molar-refractivity contribution in [1.29, 1.82) is 0 Å². The molecule has 2 atom stereocenters. The van der Waals surface area contributed by atoms with Crippen LogP contribution < -0.4 is 10.6 Å². The van der Waals surface area contributed by atoms with E-state index < -0.39 is 12.1 Å². The van der Waals surface area contributed by atoms with Crippen LogP contribution >= 0.6 is 11.6 Å². The summed E-state index contributed by atoms with van der Waals surface area (Å²) in [7, 11) is 1.95. The molecule has 2 N–H and O–H groups in total. The molecule has 0 aliphatic heterocycles. The molecule has 1 heterocycles. The first-order chi connectivity index (χ1) is 14.8. The Morgan fingerprint density at radius 3 is 2.42 bits per heavy atom. The fourth-order valence-electron chi connectivity index (χ4n) is 3.56. The monoisotopic (exact) mass is 441 g/mol. The first kappa shape index (κ1) is 22.7. The van der Waals surface area contributed by atoms with Crippen molar-refractivity contribution in [2.45, 2.75) is 39.5 Å². The van der Waals surface area contributed by atoms with Gasteiger partial charge in [0.1, 0.15) is 12.6 Å². The number of ether oxygens (including phenoxy) is 1. The van der Waals surface area contributed by atoms with E-state index >= 15 is 0 Å². The van der Waals surface area contributed by atoms with Crippen LogP contribution in [0.1, 0.15) is 38.1 Å². The van der Waals surface area contributed by atoms with Crippen LogP contribution in [0.25, 0.3) is 10.9 Å². The number of carbonyl (C=O) groups excluding carboxylic acids is 2. The number of halogens is 1. The Balaban J connectivity index is 1.64. The number of nitrogens with zero attached hydrogens (tertiary/aromatic N) is 1. The molecule has 2 aromatic carbocycles. The number of hydrogen-bond donors (Lipinski definition) is 2. The minimum atomic E-state index is -0.713. The van der Waals surface area contributed by atoms with Gasteiger partial charge in [-0.05, 0) is 42.7 Å². The van der Waals surface area contributed by atoms with Gasteiger partial charge < -0.3 is 19.9 Å². The number of rotatable bonds is 7. The minimum Gasteiger partial charge on any atom is -0.445 e. The van der Waals surface area contributed by atoms with Crippen LogP contribution in [0.5, 0.6) is 0 Å². The van der Waals surface area contributed by atoms with Crippen LogP contribution in [0.4, 0.5) is 4.79 Å². The van der Waals surface area contributed by atoms with Gasteiger partial charge in [0, 0.05) is 28.7 Å². The van der Waals surface area contributed by atoms with Gasteiger partial charge in [0.05, 0.1) is 6.04 Å². The maximum Gasteiger partial charge on any atom is 0.408 e. The highest BCUT2D eigenvalue weighted by atomic mass is 35.5. The van der Waals surface area contributed by atoms with Crippen molar-refractivity contribution in [2.24, 2.45) is 13.0 Å². The zero-order valence-electron chi connectivity index (χ0n) is 18.2. The van der Waals surface area contributed by atoms with Gasteiger partial charge in [0.25, 0.3) is 0 Å². The Labute approximate surface area is 187 Å². The molecule has 3 rings (SSSR count). The third-order valence-electron chi connectivity index (χ3n) is 5.28. The average Bonchev–Trinajstić information content (AvgIpc) is 3.06. The first-order valence-electron chi connectivity index (χ1n) is 10.3. The lowest BCUT2D eigenvalue weighted by Crippen LogP contribution is -2.50. The highest BCUT2D eigenvalue weighted by molar-refractivity contribution is 6.31. The van der Waals surface area contributed by atoms with E-state index in [0.717, 1.165) is 22.2 Å². The fraction of sp³-hybridized carbons (Fsp3) is 0.333. The summed E-state index contributed by atoms with van der Waals surface area (Å²) in [6.07, 6.45) is -0.621. The van der Waals surface area contributed by atoms with E-state index in [9.17, 15) is 9.59 Å². The van der Waals surface area contributed by atoms with Crippen molar-refractivity contribution >= 4 is 34.5 Å². The number of alkyl carbamates (subject to hydrolysis) is 1. The molecule has 2 amide bonds. The lowest BCUT2D eigenvalue weighted by Gasteiger charge is -2.24. The van der Waals surface area contributed by atoms with E-state index in [-0.39, 0.29) is 24.5 Å². The largest absolute Gasteiger partial charge is 0.445 e. The number of carbonyl (C=O) groups is 2. The number of aryl methyl sites for hydroxylation is 1. The Hall–Kier alpha value is -2.99. The van der Waals surface area contributed by atoms with E-state index in [2.05, 4.69) is 10.6 Å². The smallest absolute Gasteiger partial charge is 0.408 e. The average molecular weight is 442 g/mol. The van der Waals surface area contributed by atoms with Gasteiger partial charge in [-0.15, -0.1) is 0 Å². The van der Waals surface area contributed by atoms with Crippen LogP contribution in [0, 0.1) is 5.92 Å². The number of benzene rings is 2. The second kappa shape index (κ2) is 9.88. The lowest BCUT2D eigenvalue weighted by atomic mass is 10.0. The Morgan fingerprint density at radius 1 is 1.03 bits per heavy atom. The van der Waals surface area contributed by atoms with Gasteiger partial charge in [-0.2, -0.15) is 0 Å². The van der Waals surface area contributed by atoms with Crippen LogP contribution in [0.2, 0.25) is 5.02 Å². The SMILES string of the molecule is CC(NC(=O)[C@@H](NC(=O)OCc1ccccc1)C(C)C)c1cc2cc(Cl)ccc2n1C. The van der Waals surface area contributed by atoms with Crippen molar-refractivity contribution in [3.8, 4) is 0 Å². The summed E-state index contributed by atoms with van der Waals surface area (Å²) in [6, 6.07) is 16.1. The topological polar surface area (TPSA) is 72.4 Å². The fourth-order valence-corrected chi connectivity index (χ4v) is 3.74. The molecule has 164 valence electrons. The molecule has 0 spiro atoms. The molecule has 0 bridgehead atoms. The predicted octanol–water partition coefficient (Wildman–Crippen LogP) is 4.96. The Bertz CT molecular complexity index is 1060. The Kier molecular flexibility index (Phi) is 7.23. The van der Waals surface area contributed by atoms with Gasteiger partial charge in [-0.1, -0.05) is 55.8 Å². The molecule has 0 saturated heterocycles. The summed E-state index contributed by atoms with van der Waals surface area (Å²) in [5.41, 5.74) is 2.86. The molecular formula is C24H28ClN3O3. The molecule has 6 nitrogen and oxygen atoms in total. The summed E-state index contributed by atoms with van der Waals surface area (Å²) < 4.78 is 7.30. The van der Waals surface area contributed by atoms with Crippen LogP contribution in [-0.4, -0.2) is 22.6 Å². The summed E-state index contributed by atoms with van der Waals surface area (Å²) in [5, 5.41) is 7.38. The molecule has 0 fully saturated rings. The van der Waals surface area contributed by atoms with E-state index in [1.54, 1.807) is 0 Å². The number of hydrogen-bond acceptors (Lipinski definition) is 3. The van der Waals surface area contributed by atoms with Gasteiger partial charge in [0.2, 0.25) is 5.91 Å². The number of amides is 2. The van der Waals surface area contributed by atoms with E-state index in [4.69, 9.17) is 16.3 Å². The molecule has 0 saturated carbocycles. The maximum atomic E-state index is 12.9. The summed E-state index contributed by atoms with van der Waals surface area (Å²) >= 11 is 6.10. The van der Waals surface area contributed by atoms with Gasteiger partial charge >= 0.3 is 6.09 Å². The van der Waals surface area contributed by atoms with E-state index in [1.807, 2.05) is 87.0 Å². The van der Waals surface area contributed by atoms with Crippen molar-refractivity contribution < 1.29 is 14.3 Å². The summed E-state index contributed by atoms with van der Waals surface area (Å²) in [5.74, 6) is -0.370. The molecular weight excluding hydrogens is 414 g/mol. The molecule has 7 heteroatoms. The summed E-state index contributed by atoms with van der Waals surface area (Å²) in [6.45, 7) is 5.82. The molecule has 1 unspecified atom stereocenters.